The summed E-state index contributed by atoms with van der Waals surface area (Å²) in [6.45, 7) is 3.04. The van der Waals surface area contributed by atoms with Crippen LogP contribution in [0, 0.1) is 5.82 Å². The van der Waals surface area contributed by atoms with Gasteiger partial charge in [0.15, 0.2) is 11.6 Å². The molecule has 8 nitrogen and oxygen atoms in total. The first kappa shape index (κ1) is 25.4. The van der Waals surface area contributed by atoms with Crippen LogP contribution in [0.5, 0.6) is 11.5 Å². The molecule has 0 bridgehead atoms. The number of anilines is 2. The van der Waals surface area contributed by atoms with E-state index in [0.717, 1.165) is 22.5 Å². The van der Waals surface area contributed by atoms with Crippen molar-refractivity contribution in [2.24, 2.45) is 0 Å². The average Bonchev–Trinajstić information content (AvgIpc) is 2.73. The lowest BCUT2D eigenvalue weighted by Gasteiger charge is -2.31. The standard InChI is InChI=1S/C21H22F4N2O6S/c1-4-31-18-12-14(6-7-15(18)22)34(29,30)27-9-10-32-17-8-5-13(11-16(17)27)26-19(28)33-20(2,3)21(23,24)25/h5-8,11-12H,4,9-10H2,1-3H3,(H,26,28). The molecule has 1 aliphatic rings. The zero-order valence-electron chi connectivity index (χ0n) is 18.4. The molecular weight excluding hydrogens is 484 g/mol. The van der Waals surface area contributed by atoms with Gasteiger partial charge in [-0.2, -0.15) is 13.2 Å². The molecule has 1 aliphatic heterocycles. The van der Waals surface area contributed by atoms with E-state index in [0.29, 0.717) is 13.8 Å². The second-order valence-electron chi connectivity index (χ2n) is 7.66. The zero-order valence-corrected chi connectivity index (χ0v) is 19.2. The van der Waals surface area contributed by atoms with E-state index in [1.54, 1.807) is 6.92 Å². The number of nitrogens with one attached hydrogen (secondary N) is 1. The van der Waals surface area contributed by atoms with Crippen LogP contribution in [0.1, 0.15) is 20.8 Å². The number of hydrogen-bond acceptors (Lipinski definition) is 6. The Hall–Kier alpha value is -3.22. The molecule has 2 aromatic carbocycles. The Kier molecular flexibility index (Phi) is 6.87. The minimum Gasteiger partial charge on any atom is -0.491 e. The van der Waals surface area contributed by atoms with Crippen LogP contribution < -0.4 is 19.1 Å². The molecule has 34 heavy (non-hydrogen) atoms. The Labute approximate surface area is 193 Å². The van der Waals surface area contributed by atoms with E-state index >= 15 is 0 Å². The highest BCUT2D eigenvalue weighted by Gasteiger charge is 2.51. The van der Waals surface area contributed by atoms with Gasteiger partial charge in [0.1, 0.15) is 12.4 Å². The largest absolute Gasteiger partial charge is 0.491 e. The summed E-state index contributed by atoms with van der Waals surface area (Å²) in [7, 11) is -4.21. The summed E-state index contributed by atoms with van der Waals surface area (Å²) in [5.74, 6) is -0.797. The molecule has 2 aromatic rings. The molecule has 186 valence electrons. The van der Waals surface area contributed by atoms with Gasteiger partial charge in [-0.25, -0.2) is 17.6 Å². The normalized spacial score (nSPS) is 14.1. The molecule has 0 saturated carbocycles. The predicted molar refractivity (Wildman–Crippen MR) is 114 cm³/mol. The summed E-state index contributed by atoms with van der Waals surface area (Å²) in [6, 6.07) is 7.01. The molecule has 1 N–H and O–H groups in total. The smallest absolute Gasteiger partial charge is 0.427 e. The van der Waals surface area contributed by atoms with Crippen molar-refractivity contribution in [2.75, 3.05) is 29.4 Å². The Bertz CT molecular complexity index is 1180. The molecule has 3 rings (SSSR count). The van der Waals surface area contributed by atoms with E-state index in [1.165, 1.54) is 18.2 Å². The summed E-state index contributed by atoms with van der Waals surface area (Å²) >= 11 is 0. The molecule has 0 unspecified atom stereocenters. The van der Waals surface area contributed by atoms with Crippen molar-refractivity contribution in [1.82, 2.24) is 0 Å². The van der Waals surface area contributed by atoms with Gasteiger partial charge in [0.25, 0.3) is 10.0 Å². The maximum absolute atomic E-state index is 13.9. The number of hydrogen-bond donors (Lipinski definition) is 1. The van der Waals surface area contributed by atoms with Crippen LogP contribution in [0.3, 0.4) is 0 Å². The van der Waals surface area contributed by atoms with Crippen molar-refractivity contribution in [3.63, 3.8) is 0 Å². The van der Waals surface area contributed by atoms with Crippen molar-refractivity contribution >= 4 is 27.5 Å². The van der Waals surface area contributed by atoms with Gasteiger partial charge in [-0.15, -0.1) is 0 Å². The second-order valence-corrected chi connectivity index (χ2v) is 9.52. The molecule has 13 heteroatoms. The van der Waals surface area contributed by atoms with Crippen molar-refractivity contribution in [3.05, 3.63) is 42.2 Å². The summed E-state index contributed by atoms with van der Waals surface area (Å²) in [4.78, 5) is 11.8. The van der Waals surface area contributed by atoms with Gasteiger partial charge < -0.3 is 14.2 Å². The third-order valence-electron chi connectivity index (χ3n) is 4.85. The van der Waals surface area contributed by atoms with Crippen LogP contribution in [-0.4, -0.2) is 46.0 Å². The quantitative estimate of drug-likeness (QED) is 0.571. The maximum atomic E-state index is 13.9. The lowest BCUT2D eigenvalue weighted by atomic mass is 10.1. The van der Waals surface area contributed by atoms with Crippen LogP contribution in [0.2, 0.25) is 0 Å². The minimum absolute atomic E-state index is 0.0142. The summed E-state index contributed by atoms with van der Waals surface area (Å²) in [5, 5.41) is 2.16. The number of sulfonamides is 1. The Balaban J connectivity index is 1.91. The SMILES string of the molecule is CCOc1cc(S(=O)(=O)N2CCOc3ccc(NC(=O)OC(C)(C)C(F)(F)F)cc32)ccc1F. The van der Waals surface area contributed by atoms with Gasteiger partial charge in [0.05, 0.1) is 23.7 Å². The molecule has 0 saturated heterocycles. The van der Waals surface area contributed by atoms with Crippen LogP contribution in [0.15, 0.2) is 41.3 Å². The molecule has 0 radical (unpaired) electrons. The van der Waals surface area contributed by atoms with Crippen molar-refractivity contribution < 1.29 is 45.0 Å². The lowest BCUT2D eigenvalue weighted by molar-refractivity contribution is -0.242. The Morgan fingerprint density at radius 2 is 1.88 bits per heavy atom. The number of alkyl halides is 3. The van der Waals surface area contributed by atoms with Gasteiger partial charge >= 0.3 is 12.3 Å². The molecular formula is C21H22F4N2O6S. The molecule has 0 aliphatic carbocycles. The number of benzene rings is 2. The van der Waals surface area contributed by atoms with Gasteiger partial charge in [-0.05, 0) is 51.1 Å². The van der Waals surface area contributed by atoms with Gasteiger partial charge in [0, 0.05) is 11.8 Å². The monoisotopic (exact) mass is 506 g/mol. The average molecular weight is 506 g/mol. The predicted octanol–water partition coefficient (Wildman–Crippen LogP) is 4.70. The van der Waals surface area contributed by atoms with Crippen LogP contribution in [0.4, 0.5) is 33.7 Å². The first-order valence-corrected chi connectivity index (χ1v) is 11.5. The second kappa shape index (κ2) is 9.20. The van der Waals surface area contributed by atoms with E-state index in [9.17, 15) is 30.8 Å². The van der Waals surface area contributed by atoms with Gasteiger partial charge in [-0.3, -0.25) is 9.62 Å². The molecule has 0 aromatic heterocycles. The van der Waals surface area contributed by atoms with Crippen LogP contribution in [-0.2, 0) is 14.8 Å². The summed E-state index contributed by atoms with van der Waals surface area (Å²) in [5.41, 5.74) is -2.74. The summed E-state index contributed by atoms with van der Waals surface area (Å²) < 4.78 is 95.5. The van der Waals surface area contributed by atoms with Crippen molar-refractivity contribution in [1.29, 1.82) is 0 Å². The lowest BCUT2D eigenvalue weighted by Crippen LogP contribution is -2.44. The number of carbonyl (C=O) groups is 1. The number of halogens is 4. The van der Waals surface area contributed by atoms with Crippen molar-refractivity contribution in [2.45, 2.75) is 37.4 Å². The molecule has 1 heterocycles. The van der Waals surface area contributed by atoms with E-state index in [-0.39, 0.29) is 47.5 Å². The fourth-order valence-electron chi connectivity index (χ4n) is 2.99. The van der Waals surface area contributed by atoms with E-state index in [2.05, 4.69) is 10.1 Å². The highest BCUT2D eigenvalue weighted by Crippen LogP contribution is 2.38. The fourth-order valence-corrected chi connectivity index (χ4v) is 4.46. The molecule has 0 fully saturated rings. The van der Waals surface area contributed by atoms with Crippen molar-refractivity contribution in [3.8, 4) is 11.5 Å². The molecule has 0 atom stereocenters. The Morgan fingerprint density at radius 3 is 2.53 bits per heavy atom. The number of ether oxygens (including phenoxy) is 3. The minimum atomic E-state index is -4.80. The Morgan fingerprint density at radius 1 is 1.18 bits per heavy atom. The van der Waals surface area contributed by atoms with E-state index in [1.807, 2.05) is 0 Å². The summed E-state index contributed by atoms with van der Waals surface area (Å²) in [6.07, 6.45) is -6.18. The van der Waals surface area contributed by atoms with E-state index < -0.39 is 33.7 Å². The third kappa shape index (κ3) is 5.13. The van der Waals surface area contributed by atoms with Crippen LogP contribution in [0.25, 0.3) is 0 Å². The highest BCUT2D eigenvalue weighted by atomic mass is 32.2. The number of rotatable bonds is 6. The fraction of sp³-hybridized carbons (Fsp3) is 0.381. The number of fused-ring (bicyclic) bond motifs is 1. The van der Waals surface area contributed by atoms with Crippen LogP contribution >= 0.6 is 0 Å². The number of carbonyl (C=O) groups excluding carboxylic acids is 1. The first-order chi connectivity index (χ1) is 15.8. The van der Waals surface area contributed by atoms with Gasteiger partial charge in [-0.1, -0.05) is 0 Å². The first-order valence-electron chi connectivity index (χ1n) is 10.0. The van der Waals surface area contributed by atoms with E-state index in [4.69, 9.17) is 9.47 Å². The number of amides is 1. The topological polar surface area (TPSA) is 94.2 Å². The maximum Gasteiger partial charge on any atom is 0.427 e. The van der Waals surface area contributed by atoms with Gasteiger partial charge in [0.2, 0.25) is 5.60 Å². The molecule has 1 amide bonds. The third-order valence-corrected chi connectivity index (χ3v) is 6.66. The molecule has 0 spiro atoms. The zero-order chi connectivity index (χ0) is 25.3. The number of nitrogens with zero attached hydrogens (tertiary/aromatic N) is 1. The highest BCUT2D eigenvalue weighted by molar-refractivity contribution is 7.92.